The third kappa shape index (κ3) is 4.85. The molecule has 0 unspecified atom stereocenters. The molecule has 0 saturated carbocycles. The number of benzene rings is 3. The highest BCUT2D eigenvalue weighted by Gasteiger charge is 2.46. The van der Waals surface area contributed by atoms with Gasteiger partial charge < -0.3 is 10.0 Å². The lowest BCUT2D eigenvalue weighted by Crippen LogP contribution is -2.44. The fraction of sp³-hybridized carbons (Fsp3) is 0.323. The van der Waals surface area contributed by atoms with Crippen LogP contribution in [0.5, 0.6) is 0 Å². The number of aliphatic imine (C=N–C) groups is 1. The van der Waals surface area contributed by atoms with Crippen molar-refractivity contribution < 1.29 is 5.11 Å². The zero-order chi connectivity index (χ0) is 23.8. The third-order valence-corrected chi connectivity index (χ3v) is 7.14. The van der Waals surface area contributed by atoms with Crippen molar-refractivity contribution in [2.45, 2.75) is 49.6 Å². The summed E-state index contributed by atoms with van der Waals surface area (Å²) in [6.45, 7) is 4.25. The van der Waals surface area contributed by atoms with E-state index in [0.717, 1.165) is 37.9 Å². The summed E-state index contributed by atoms with van der Waals surface area (Å²) in [5.41, 5.74) is 3.56. The topological polar surface area (TPSA) is 35.8 Å². The Bertz CT molecular complexity index is 1060. The van der Waals surface area contributed by atoms with E-state index < -0.39 is 0 Å². The lowest BCUT2D eigenvalue weighted by molar-refractivity contribution is 0.274. The molecule has 3 atom stereocenters. The summed E-state index contributed by atoms with van der Waals surface area (Å²) in [7, 11) is 2.21. The SMILES string of the molecule is C=CCC[C@](CCCCO)(C1=N[C@H](c2ccccc2)[C@@H](c2ccccc2)N1C)c1ccccc1. The molecule has 0 radical (unpaired) electrons. The van der Waals surface area contributed by atoms with E-state index in [1.807, 2.05) is 6.08 Å². The van der Waals surface area contributed by atoms with Gasteiger partial charge >= 0.3 is 0 Å². The number of rotatable bonds is 11. The van der Waals surface area contributed by atoms with Gasteiger partial charge in [0.25, 0.3) is 0 Å². The van der Waals surface area contributed by atoms with Gasteiger partial charge in [-0.05, 0) is 48.8 Å². The van der Waals surface area contributed by atoms with Crippen LogP contribution in [0.4, 0.5) is 0 Å². The lowest BCUT2D eigenvalue weighted by Gasteiger charge is -2.39. The molecule has 34 heavy (non-hydrogen) atoms. The quantitative estimate of drug-likeness (QED) is 0.254. The number of hydrogen-bond acceptors (Lipinski definition) is 3. The fourth-order valence-corrected chi connectivity index (χ4v) is 5.47. The molecule has 1 aliphatic heterocycles. The first kappa shape index (κ1) is 24.0. The van der Waals surface area contributed by atoms with Crippen molar-refractivity contribution in [2.75, 3.05) is 13.7 Å². The minimum Gasteiger partial charge on any atom is -0.396 e. The van der Waals surface area contributed by atoms with Gasteiger partial charge in [0.1, 0.15) is 11.9 Å². The van der Waals surface area contributed by atoms with Gasteiger partial charge in [0.05, 0.1) is 11.5 Å². The minimum absolute atomic E-state index is 0.0215. The van der Waals surface area contributed by atoms with Gasteiger partial charge in [-0.15, -0.1) is 6.58 Å². The van der Waals surface area contributed by atoms with Gasteiger partial charge in [-0.2, -0.15) is 0 Å². The van der Waals surface area contributed by atoms with Crippen LogP contribution in [0.2, 0.25) is 0 Å². The van der Waals surface area contributed by atoms with Crippen molar-refractivity contribution in [1.29, 1.82) is 0 Å². The van der Waals surface area contributed by atoms with Gasteiger partial charge in [-0.25, -0.2) is 0 Å². The van der Waals surface area contributed by atoms with Crippen LogP contribution in [-0.2, 0) is 5.41 Å². The summed E-state index contributed by atoms with van der Waals surface area (Å²) >= 11 is 0. The molecule has 0 amide bonds. The average Bonchev–Trinajstić information content (AvgIpc) is 3.25. The third-order valence-electron chi connectivity index (χ3n) is 7.14. The monoisotopic (exact) mass is 452 g/mol. The van der Waals surface area contributed by atoms with Gasteiger partial charge in [0.2, 0.25) is 0 Å². The highest BCUT2D eigenvalue weighted by atomic mass is 16.2. The van der Waals surface area contributed by atoms with Crippen molar-refractivity contribution in [3.8, 4) is 0 Å². The smallest absolute Gasteiger partial charge is 0.111 e. The standard InChI is InChI=1S/C31H36N2O/c1-3-4-22-31(23-14-15-24-34,27-20-12-7-13-21-27)30-32-28(25-16-8-5-9-17-25)29(33(30)2)26-18-10-6-11-19-26/h3,5-13,16-21,28-29,34H,1,4,14-15,22-24H2,2H3/t28-,29-,31-/m1/s1. The number of aliphatic hydroxyl groups excluding tert-OH is 1. The number of amidine groups is 1. The van der Waals surface area contributed by atoms with Gasteiger partial charge in [0.15, 0.2) is 0 Å². The largest absolute Gasteiger partial charge is 0.396 e. The lowest BCUT2D eigenvalue weighted by atomic mass is 9.71. The van der Waals surface area contributed by atoms with Crippen molar-refractivity contribution in [3.63, 3.8) is 0 Å². The van der Waals surface area contributed by atoms with Crippen LogP contribution >= 0.6 is 0 Å². The molecule has 1 aliphatic rings. The van der Waals surface area contributed by atoms with E-state index >= 15 is 0 Å². The molecule has 3 aromatic carbocycles. The Hall–Kier alpha value is -3.17. The summed E-state index contributed by atoms with van der Waals surface area (Å²) in [5.74, 6) is 1.14. The summed E-state index contributed by atoms with van der Waals surface area (Å²) < 4.78 is 0. The molecule has 176 valence electrons. The zero-order valence-electron chi connectivity index (χ0n) is 20.2. The number of likely N-dealkylation sites (N-methyl/N-ethyl adjacent to an activating group) is 1. The predicted molar refractivity (Wildman–Crippen MR) is 142 cm³/mol. The minimum atomic E-state index is -0.240. The van der Waals surface area contributed by atoms with Gasteiger partial charge in [-0.3, -0.25) is 4.99 Å². The number of hydrogen-bond donors (Lipinski definition) is 1. The zero-order valence-corrected chi connectivity index (χ0v) is 20.2. The Kier molecular flexibility index (Phi) is 7.97. The van der Waals surface area contributed by atoms with Crippen molar-refractivity contribution in [1.82, 2.24) is 4.90 Å². The summed E-state index contributed by atoms with van der Waals surface area (Å²) in [6, 6.07) is 32.4. The average molecular weight is 453 g/mol. The molecule has 1 heterocycles. The Morgan fingerprint density at radius 3 is 2.03 bits per heavy atom. The Balaban J connectivity index is 1.87. The van der Waals surface area contributed by atoms with E-state index in [-0.39, 0.29) is 24.1 Å². The maximum Gasteiger partial charge on any atom is 0.111 e. The summed E-state index contributed by atoms with van der Waals surface area (Å²) in [5, 5.41) is 9.55. The summed E-state index contributed by atoms with van der Waals surface area (Å²) in [4.78, 5) is 7.94. The first-order valence-corrected chi connectivity index (χ1v) is 12.4. The Labute approximate surface area is 204 Å². The second-order valence-electron chi connectivity index (χ2n) is 9.23. The van der Waals surface area contributed by atoms with Crippen LogP contribution < -0.4 is 0 Å². The maximum absolute atomic E-state index is 9.55. The van der Waals surface area contributed by atoms with Crippen LogP contribution in [0.15, 0.2) is 109 Å². The number of aliphatic hydroxyl groups is 1. The highest BCUT2D eigenvalue weighted by Crippen LogP contribution is 2.48. The van der Waals surface area contributed by atoms with E-state index in [0.29, 0.717) is 0 Å². The first-order valence-electron chi connectivity index (χ1n) is 12.4. The molecule has 0 spiro atoms. The highest BCUT2D eigenvalue weighted by molar-refractivity contribution is 5.95. The molecule has 0 fully saturated rings. The van der Waals surface area contributed by atoms with E-state index in [2.05, 4.69) is 110 Å². The second-order valence-corrected chi connectivity index (χ2v) is 9.23. The fourth-order valence-electron chi connectivity index (χ4n) is 5.47. The summed E-state index contributed by atoms with van der Waals surface area (Å²) in [6.07, 6.45) is 6.55. The maximum atomic E-state index is 9.55. The van der Waals surface area contributed by atoms with E-state index in [1.54, 1.807) is 0 Å². The van der Waals surface area contributed by atoms with Crippen molar-refractivity contribution in [2.24, 2.45) is 4.99 Å². The van der Waals surface area contributed by atoms with E-state index in [9.17, 15) is 5.11 Å². The molecule has 0 aliphatic carbocycles. The van der Waals surface area contributed by atoms with Crippen molar-refractivity contribution in [3.05, 3.63) is 120 Å². The van der Waals surface area contributed by atoms with Crippen molar-refractivity contribution >= 4 is 5.84 Å². The molecular formula is C31H36N2O. The van der Waals surface area contributed by atoms with Crippen LogP contribution in [0.25, 0.3) is 0 Å². The van der Waals surface area contributed by atoms with Crippen LogP contribution in [0.1, 0.15) is 60.9 Å². The molecule has 0 saturated heterocycles. The van der Waals surface area contributed by atoms with Gasteiger partial charge in [-0.1, -0.05) is 97.1 Å². The Morgan fingerprint density at radius 2 is 1.44 bits per heavy atom. The number of unbranched alkanes of at least 4 members (excludes halogenated alkanes) is 1. The molecule has 3 aromatic rings. The molecule has 3 nitrogen and oxygen atoms in total. The normalized spacial score (nSPS) is 19.5. The van der Waals surface area contributed by atoms with Crippen LogP contribution in [0, 0.1) is 0 Å². The molecule has 4 rings (SSSR count). The molecule has 3 heteroatoms. The van der Waals surface area contributed by atoms with Crippen LogP contribution in [0.3, 0.4) is 0 Å². The van der Waals surface area contributed by atoms with Gasteiger partial charge in [0, 0.05) is 13.7 Å². The molecule has 0 bridgehead atoms. The molecule has 1 N–H and O–H groups in total. The Morgan fingerprint density at radius 1 is 0.853 bits per heavy atom. The first-order chi connectivity index (χ1) is 16.7. The number of allylic oxidation sites excluding steroid dienone is 1. The molecular weight excluding hydrogens is 416 g/mol. The van der Waals surface area contributed by atoms with E-state index in [4.69, 9.17) is 4.99 Å². The second kappa shape index (κ2) is 11.3. The van der Waals surface area contributed by atoms with E-state index in [1.165, 1.54) is 16.7 Å². The predicted octanol–water partition coefficient (Wildman–Crippen LogP) is 6.88. The van der Waals surface area contributed by atoms with Crippen LogP contribution in [-0.4, -0.2) is 29.5 Å². The molecule has 0 aromatic heterocycles. The number of nitrogens with zero attached hydrogens (tertiary/aromatic N) is 2.